The van der Waals surface area contributed by atoms with Gasteiger partial charge in [-0.3, -0.25) is 4.79 Å². The summed E-state index contributed by atoms with van der Waals surface area (Å²) in [5, 5.41) is 0. The van der Waals surface area contributed by atoms with Gasteiger partial charge in [0, 0.05) is 6.07 Å². The average molecular weight is 307 g/mol. The van der Waals surface area contributed by atoms with Gasteiger partial charge in [0.2, 0.25) is 0 Å². The quantitative estimate of drug-likeness (QED) is 0.863. The van der Waals surface area contributed by atoms with Gasteiger partial charge in [-0.15, -0.1) is 0 Å². The van der Waals surface area contributed by atoms with Crippen LogP contribution in [-0.4, -0.2) is 19.1 Å². The molecule has 2 N–H and O–H groups in total. The highest BCUT2D eigenvalue weighted by molar-refractivity contribution is 5.75. The monoisotopic (exact) mass is 307 g/mol. The van der Waals surface area contributed by atoms with E-state index in [1.54, 1.807) is 24.3 Å². The summed E-state index contributed by atoms with van der Waals surface area (Å²) in [5.74, 6) is -1.74. The van der Waals surface area contributed by atoms with Gasteiger partial charge in [0.25, 0.3) is 0 Å². The van der Waals surface area contributed by atoms with Crippen LogP contribution >= 0.6 is 0 Å². The van der Waals surface area contributed by atoms with Crippen LogP contribution in [0.1, 0.15) is 5.56 Å². The summed E-state index contributed by atoms with van der Waals surface area (Å²) in [6, 6.07) is 9.34. The smallest absolute Gasteiger partial charge is 0.322 e. The van der Waals surface area contributed by atoms with Crippen LogP contribution in [-0.2, 0) is 16.0 Å². The van der Waals surface area contributed by atoms with E-state index >= 15 is 0 Å². The maximum Gasteiger partial charge on any atom is 0.322 e. The Morgan fingerprint density at radius 3 is 2.32 bits per heavy atom. The van der Waals surface area contributed by atoms with Crippen molar-refractivity contribution in [3.63, 3.8) is 0 Å². The fourth-order valence-electron chi connectivity index (χ4n) is 1.86. The van der Waals surface area contributed by atoms with Gasteiger partial charge in [-0.25, -0.2) is 8.78 Å². The third-order valence-corrected chi connectivity index (χ3v) is 3.01. The zero-order chi connectivity index (χ0) is 16.1. The second-order valence-corrected chi connectivity index (χ2v) is 4.66. The topological polar surface area (TPSA) is 61.5 Å². The molecule has 116 valence electrons. The van der Waals surface area contributed by atoms with E-state index in [4.69, 9.17) is 10.5 Å². The van der Waals surface area contributed by atoms with E-state index in [1.165, 1.54) is 13.2 Å². The summed E-state index contributed by atoms with van der Waals surface area (Å²) in [4.78, 5) is 11.2. The van der Waals surface area contributed by atoms with E-state index in [1.807, 2.05) is 0 Å². The summed E-state index contributed by atoms with van der Waals surface area (Å²) in [6.45, 7) is 0. The van der Waals surface area contributed by atoms with Crippen molar-refractivity contribution in [3.8, 4) is 11.5 Å². The van der Waals surface area contributed by atoms with Crippen LogP contribution in [0, 0.1) is 11.6 Å². The predicted octanol–water partition coefficient (Wildman–Crippen LogP) is 2.80. The highest BCUT2D eigenvalue weighted by Gasteiger charge is 2.14. The largest absolute Gasteiger partial charge is 0.468 e. The summed E-state index contributed by atoms with van der Waals surface area (Å²) in [7, 11) is 1.28. The van der Waals surface area contributed by atoms with Crippen LogP contribution in [0.4, 0.5) is 8.78 Å². The lowest BCUT2D eigenvalue weighted by Crippen LogP contribution is -2.33. The van der Waals surface area contributed by atoms with Crippen molar-refractivity contribution in [1.82, 2.24) is 0 Å². The number of halogens is 2. The number of methoxy groups -OCH3 is 1. The molecule has 0 radical (unpaired) electrons. The van der Waals surface area contributed by atoms with Crippen LogP contribution in [0.3, 0.4) is 0 Å². The lowest BCUT2D eigenvalue weighted by Gasteiger charge is -2.10. The standard InChI is InChI=1S/C16H15F2NO3/c1-21-16(20)15(19)8-10-2-4-11(5-3-10)22-12-6-7-13(17)14(18)9-12/h2-7,9,15H,8,19H2,1H3/t15-/m1/s1. The van der Waals surface area contributed by atoms with Crippen molar-refractivity contribution in [1.29, 1.82) is 0 Å². The first-order chi connectivity index (χ1) is 10.5. The van der Waals surface area contributed by atoms with Crippen molar-refractivity contribution < 1.29 is 23.0 Å². The van der Waals surface area contributed by atoms with Crippen molar-refractivity contribution in [2.45, 2.75) is 12.5 Å². The Hall–Kier alpha value is -2.47. The van der Waals surface area contributed by atoms with Gasteiger partial charge in [-0.05, 0) is 36.2 Å². The molecule has 0 unspecified atom stereocenters. The van der Waals surface area contributed by atoms with E-state index in [2.05, 4.69) is 4.74 Å². The number of carbonyl (C=O) groups excluding carboxylic acids is 1. The van der Waals surface area contributed by atoms with Gasteiger partial charge in [0.05, 0.1) is 7.11 Å². The zero-order valence-electron chi connectivity index (χ0n) is 11.9. The van der Waals surface area contributed by atoms with E-state index in [9.17, 15) is 13.6 Å². The molecular weight excluding hydrogens is 292 g/mol. The van der Waals surface area contributed by atoms with E-state index in [0.29, 0.717) is 12.2 Å². The molecule has 2 aromatic rings. The molecule has 0 aliphatic carbocycles. The van der Waals surface area contributed by atoms with Gasteiger partial charge in [0.1, 0.15) is 17.5 Å². The maximum absolute atomic E-state index is 13.1. The van der Waals surface area contributed by atoms with Crippen LogP contribution in [0.15, 0.2) is 42.5 Å². The second-order valence-electron chi connectivity index (χ2n) is 4.66. The van der Waals surface area contributed by atoms with E-state index in [-0.39, 0.29) is 5.75 Å². The molecule has 0 aromatic heterocycles. The number of carbonyl (C=O) groups is 1. The maximum atomic E-state index is 13.1. The number of hydrogen-bond donors (Lipinski definition) is 1. The normalized spacial score (nSPS) is 11.8. The van der Waals surface area contributed by atoms with Crippen molar-refractivity contribution in [2.24, 2.45) is 5.73 Å². The molecule has 0 aliphatic rings. The predicted molar refractivity (Wildman–Crippen MR) is 76.6 cm³/mol. The fraction of sp³-hybridized carbons (Fsp3) is 0.188. The molecule has 6 heteroatoms. The van der Waals surface area contributed by atoms with Crippen molar-refractivity contribution in [2.75, 3.05) is 7.11 Å². The number of nitrogens with two attached hydrogens (primary N) is 1. The molecule has 22 heavy (non-hydrogen) atoms. The Labute approximate surface area is 126 Å². The van der Waals surface area contributed by atoms with Gasteiger partial charge in [0.15, 0.2) is 11.6 Å². The number of ether oxygens (including phenoxy) is 2. The third kappa shape index (κ3) is 4.02. The molecule has 0 bridgehead atoms. The number of hydrogen-bond acceptors (Lipinski definition) is 4. The Morgan fingerprint density at radius 1 is 1.09 bits per heavy atom. The molecule has 2 aromatic carbocycles. The van der Waals surface area contributed by atoms with Crippen LogP contribution in [0.5, 0.6) is 11.5 Å². The Bertz CT molecular complexity index is 659. The number of benzene rings is 2. The Morgan fingerprint density at radius 2 is 1.73 bits per heavy atom. The highest BCUT2D eigenvalue weighted by atomic mass is 19.2. The van der Waals surface area contributed by atoms with Gasteiger partial charge in [-0.1, -0.05) is 12.1 Å². The number of esters is 1. The summed E-state index contributed by atoms with van der Waals surface area (Å²) >= 11 is 0. The fourth-order valence-corrected chi connectivity index (χ4v) is 1.86. The first-order valence-electron chi connectivity index (χ1n) is 6.55. The summed E-state index contributed by atoms with van der Waals surface area (Å²) in [5.41, 5.74) is 6.50. The summed E-state index contributed by atoms with van der Waals surface area (Å²) in [6.07, 6.45) is 0.331. The minimum Gasteiger partial charge on any atom is -0.468 e. The zero-order valence-corrected chi connectivity index (χ0v) is 11.9. The molecule has 0 aliphatic heterocycles. The molecular formula is C16H15F2NO3. The van der Waals surface area contributed by atoms with Gasteiger partial charge in [-0.2, -0.15) is 0 Å². The lowest BCUT2D eigenvalue weighted by atomic mass is 10.1. The molecule has 0 fully saturated rings. The van der Waals surface area contributed by atoms with Crippen LogP contribution in [0.25, 0.3) is 0 Å². The molecule has 0 heterocycles. The molecule has 4 nitrogen and oxygen atoms in total. The Kier molecular flexibility index (Phi) is 5.06. The van der Waals surface area contributed by atoms with E-state index < -0.39 is 23.6 Å². The van der Waals surface area contributed by atoms with Crippen molar-refractivity contribution in [3.05, 3.63) is 59.7 Å². The first-order valence-corrected chi connectivity index (χ1v) is 6.55. The summed E-state index contributed by atoms with van der Waals surface area (Å²) < 4.78 is 35.9. The highest BCUT2D eigenvalue weighted by Crippen LogP contribution is 2.23. The third-order valence-electron chi connectivity index (χ3n) is 3.01. The lowest BCUT2D eigenvalue weighted by molar-refractivity contribution is -0.142. The molecule has 2 rings (SSSR count). The number of rotatable bonds is 5. The molecule has 1 atom stereocenters. The SMILES string of the molecule is COC(=O)[C@H](N)Cc1ccc(Oc2ccc(F)c(F)c2)cc1. The second kappa shape index (κ2) is 7.00. The minimum absolute atomic E-state index is 0.193. The van der Waals surface area contributed by atoms with Crippen molar-refractivity contribution >= 4 is 5.97 Å². The average Bonchev–Trinajstić information content (AvgIpc) is 2.52. The van der Waals surface area contributed by atoms with E-state index in [0.717, 1.165) is 17.7 Å². The molecule has 0 amide bonds. The molecule has 0 saturated heterocycles. The Balaban J connectivity index is 2.02. The molecule has 0 saturated carbocycles. The minimum atomic E-state index is -0.974. The van der Waals surface area contributed by atoms with Gasteiger partial charge >= 0.3 is 5.97 Å². The van der Waals surface area contributed by atoms with Crippen LogP contribution < -0.4 is 10.5 Å². The van der Waals surface area contributed by atoms with Gasteiger partial charge < -0.3 is 15.2 Å². The molecule has 0 spiro atoms. The first kappa shape index (κ1) is 15.9. The van der Waals surface area contributed by atoms with Crippen LogP contribution in [0.2, 0.25) is 0 Å².